The van der Waals surface area contributed by atoms with E-state index in [1.165, 1.54) is 37.7 Å². The number of amides is 1. The van der Waals surface area contributed by atoms with Gasteiger partial charge in [0.05, 0.1) is 4.90 Å². The molecule has 7 nitrogen and oxygen atoms in total. The number of carbonyl (C=O) groups excluding carboxylic acids is 1. The number of rotatable bonds is 8. The molecule has 2 aromatic carbocycles. The Bertz CT molecular complexity index is 1250. The molecule has 34 heavy (non-hydrogen) atoms. The molecule has 1 fully saturated rings. The van der Waals surface area contributed by atoms with Gasteiger partial charge < -0.3 is 9.88 Å². The largest absolute Gasteiger partial charge is 0.349 e. The van der Waals surface area contributed by atoms with Crippen molar-refractivity contribution in [3.05, 3.63) is 65.9 Å². The fourth-order valence-electron chi connectivity index (χ4n) is 4.64. The number of carbonyl (C=O) groups is 1. The van der Waals surface area contributed by atoms with E-state index in [2.05, 4.69) is 17.1 Å². The summed E-state index contributed by atoms with van der Waals surface area (Å²) in [4.78, 5) is 15.9. The molecule has 1 amide bonds. The van der Waals surface area contributed by atoms with E-state index >= 15 is 0 Å². The molecule has 1 aliphatic heterocycles. The second kappa shape index (κ2) is 10.3. The molecule has 1 N–H and O–H groups in total. The first-order valence-corrected chi connectivity index (χ1v) is 13.3. The van der Waals surface area contributed by atoms with Crippen molar-refractivity contribution in [1.29, 1.82) is 0 Å². The Labute approximate surface area is 202 Å². The van der Waals surface area contributed by atoms with Crippen LogP contribution in [0.4, 0.5) is 0 Å². The van der Waals surface area contributed by atoms with Gasteiger partial charge in [0.25, 0.3) is 5.91 Å². The zero-order valence-corrected chi connectivity index (χ0v) is 21.0. The molecule has 0 saturated carbocycles. The molecular formula is C26H34N4O3S. The lowest BCUT2D eigenvalue weighted by molar-refractivity contribution is 0.0930. The monoisotopic (exact) mass is 482 g/mol. The summed E-state index contributed by atoms with van der Waals surface area (Å²) < 4.78 is 28.5. The first kappa shape index (κ1) is 24.4. The van der Waals surface area contributed by atoms with E-state index in [9.17, 15) is 13.2 Å². The van der Waals surface area contributed by atoms with Crippen molar-refractivity contribution in [2.45, 2.75) is 43.7 Å². The zero-order valence-electron chi connectivity index (χ0n) is 20.2. The van der Waals surface area contributed by atoms with Gasteiger partial charge in [-0.15, -0.1) is 0 Å². The van der Waals surface area contributed by atoms with Crippen LogP contribution in [0.15, 0.2) is 59.5 Å². The number of hydrogen-bond acceptors (Lipinski definition) is 4. The fraction of sp³-hybridized carbons (Fsp3) is 0.423. The smallest absolute Gasteiger partial charge is 0.267 e. The van der Waals surface area contributed by atoms with Crippen LogP contribution in [0, 0.1) is 0 Å². The molecule has 0 radical (unpaired) electrons. The molecule has 182 valence electrons. The summed E-state index contributed by atoms with van der Waals surface area (Å²) in [6.07, 6.45) is 3.69. The van der Waals surface area contributed by atoms with E-state index in [4.69, 9.17) is 0 Å². The highest BCUT2D eigenvalue weighted by Crippen LogP contribution is 2.26. The number of nitrogens with zero attached hydrogens (tertiary/aromatic N) is 3. The van der Waals surface area contributed by atoms with Crippen LogP contribution in [-0.4, -0.2) is 67.9 Å². The molecule has 1 aromatic heterocycles. The lowest BCUT2D eigenvalue weighted by Gasteiger charge is -2.33. The number of benzene rings is 2. The van der Waals surface area contributed by atoms with Crippen molar-refractivity contribution < 1.29 is 13.2 Å². The summed E-state index contributed by atoms with van der Waals surface area (Å²) in [6, 6.07) is 17.4. The van der Waals surface area contributed by atoms with Crippen LogP contribution >= 0.6 is 0 Å². The van der Waals surface area contributed by atoms with Gasteiger partial charge in [0.15, 0.2) is 0 Å². The van der Waals surface area contributed by atoms with Crippen LogP contribution in [0.3, 0.4) is 0 Å². The van der Waals surface area contributed by atoms with Gasteiger partial charge in [-0.25, -0.2) is 12.7 Å². The minimum atomic E-state index is -3.56. The minimum absolute atomic E-state index is 0.145. The zero-order chi connectivity index (χ0) is 24.3. The quantitative estimate of drug-likeness (QED) is 0.533. The van der Waals surface area contributed by atoms with Crippen molar-refractivity contribution >= 4 is 26.8 Å². The Kier molecular flexibility index (Phi) is 7.40. The molecule has 1 aliphatic rings. The highest BCUT2D eigenvalue weighted by Gasteiger charge is 2.22. The summed E-state index contributed by atoms with van der Waals surface area (Å²) >= 11 is 0. The van der Waals surface area contributed by atoms with Gasteiger partial charge in [0.2, 0.25) is 10.0 Å². The average Bonchev–Trinajstić information content (AvgIpc) is 3.18. The lowest BCUT2D eigenvalue weighted by Crippen LogP contribution is -2.42. The third-order valence-corrected chi connectivity index (χ3v) is 8.50. The summed E-state index contributed by atoms with van der Waals surface area (Å²) in [5.41, 5.74) is 2.43. The van der Waals surface area contributed by atoms with Crippen LogP contribution < -0.4 is 5.32 Å². The predicted octanol–water partition coefficient (Wildman–Crippen LogP) is 3.54. The van der Waals surface area contributed by atoms with Crippen LogP contribution in [-0.2, 0) is 16.6 Å². The van der Waals surface area contributed by atoms with Crippen LogP contribution in [0.25, 0.3) is 10.9 Å². The van der Waals surface area contributed by atoms with Crippen LogP contribution in [0.1, 0.15) is 42.2 Å². The van der Waals surface area contributed by atoms with E-state index < -0.39 is 10.0 Å². The maximum atomic E-state index is 13.3. The Balaban J connectivity index is 1.63. The Morgan fingerprint density at radius 3 is 2.56 bits per heavy atom. The van der Waals surface area contributed by atoms with Crippen LogP contribution in [0.5, 0.6) is 0 Å². The fourth-order valence-corrected chi connectivity index (χ4v) is 5.58. The molecule has 3 aromatic rings. The second-order valence-corrected chi connectivity index (χ2v) is 11.4. The van der Waals surface area contributed by atoms with Gasteiger partial charge in [0.1, 0.15) is 5.69 Å². The van der Waals surface area contributed by atoms with E-state index in [0.29, 0.717) is 24.8 Å². The molecule has 1 saturated heterocycles. The maximum Gasteiger partial charge on any atom is 0.267 e. The number of aromatic nitrogens is 1. The first-order chi connectivity index (χ1) is 16.3. The van der Waals surface area contributed by atoms with Gasteiger partial charge in [-0.05, 0) is 56.1 Å². The van der Waals surface area contributed by atoms with Gasteiger partial charge in [-0.3, -0.25) is 9.69 Å². The standard InChI is InChI=1S/C26H34N4O3S/c1-20-9-7-8-15-29(20)16-14-27-26(31)25-18-22-17-23(34(32,33)28(2)3)12-13-24(22)30(25)19-21-10-5-4-6-11-21/h4-6,10-13,17-18,20H,7-9,14-16,19H2,1-3H3,(H,27,31)/t20-/m0/s1. The molecule has 4 rings (SSSR count). The number of sulfonamides is 1. The molecule has 1 atom stereocenters. The van der Waals surface area contributed by atoms with E-state index in [0.717, 1.165) is 29.6 Å². The topological polar surface area (TPSA) is 74.7 Å². The summed E-state index contributed by atoms with van der Waals surface area (Å²) in [5.74, 6) is -0.145. The lowest BCUT2D eigenvalue weighted by atomic mass is 10.0. The van der Waals surface area contributed by atoms with Crippen molar-refractivity contribution in [1.82, 2.24) is 19.1 Å². The predicted molar refractivity (Wildman–Crippen MR) is 136 cm³/mol. The van der Waals surface area contributed by atoms with Crippen molar-refractivity contribution in [2.24, 2.45) is 0 Å². The Morgan fingerprint density at radius 2 is 1.85 bits per heavy atom. The second-order valence-electron chi connectivity index (χ2n) is 9.25. The van der Waals surface area contributed by atoms with Crippen molar-refractivity contribution in [3.8, 4) is 0 Å². The first-order valence-electron chi connectivity index (χ1n) is 11.9. The van der Waals surface area contributed by atoms with Gasteiger partial charge in [-0.2, -0.15) is 0 Å². The Hall–Kier alpha value is -2.68. The Morgan fingerprint density at radius 1 is 1.09 bits per heavy atom. The molecule has 0 bridgehead atoms. The van der Waals surface area contributed by atoms with Crippen LogP contribution in [0.2, 0.25) is 0 Å². The number of fused-ring (bicyclic) bond motifs is 1. The normalized spacial score (nSPS) is 17.4. The number of nitrogens with one attached hydrogen (secondary N) is 1. The highest BCUT2D eigenvalue weighted by molar-refractivity contribution is 7.89. The van der Waals surface area contributed by atoms with Crippen molar-refractivity contribution in [2.75, 3.05) is 33.7 Å². The van der Waals surface area contributed by atoms with E-state index in [1.807, 2.05) is 34.9 Å². The summed E-state index contributed by atoms with van der Waals surface area (Å²) in [6.45, 7) is 5.26. The average molecular weight is 483 g/mol. The third-order valence-electron chi connectivity index (χ3n) is 6.69. The molecule has 2 heterocycles. The highest BCUT2D eigenvalue weighted by atomic mass is 32.2. The van der Waals surface area contributed by atoms with Crippen molar-refractivity contribution in [3.63, 3.8) is 0 Å². The molecule has 0 aliphatic carbocycles. The molecule has 0 unspecified atom stereocenters. The SMILES string of the molecule is C[C@H]1CCCCN1CCNC(=O)c1cc2cc(S(=O)(=O)N(C)C)ccc2n1Cc1ccccc1. The van der Waals surface area contributed by atoms with E-state index in [1.54, 1.807) is 24.3 Å². The maximum absolute atomic E-state index is 13.3. The van der Waals surface area contributed by atoms with E-state index in [-0.39, 0.29) is 10.8 Å². The molecule has 8 heteroatoms. The molecular weight excluding hydrogens is 448 g/mol. The number of likely N-dealkylation sites (tertiary alicyclic amines) is 1. The van der Waals surface area contributed by atoms with Gasteiger partial charge >= 0.3 is 0 Å². The summed E-state index contributed by atoms with van der Waals surface area (Å²) in [5, 5.41) is 3.82. The van der Waals surface area contributed by atoms with Gasteiger partial charge in [-0.1, -0.05) is 36.8 Å². The number of hydrogen-bond donors (Lipinski definition) is 1. The van der Waals surface area contributed by atoms with Gasteiger partial charge in [0, 0.05) is 50.7 Å². The minimum Gasteiger partial charge on any atom is -0.349 e. The number of piperidine rings is 1. The third kappa shape index (κ3) is 5.19. The molecule has 0 spiro atoms. The summed E-state index contributed by atoms with van der Waals surface area (Å²) in [7, 11) is -0.533.